The minimum atomic E-state index is 0.386. The van der Waals surface area contributed by atoms with Crippen LogP contribution < -0.4 is 10.1 Å². The maximum absolute atomic E-state index is 5.92. The molecule has 1 saturated heterocycles. The van der Waals surface area contributed by atoms with Crippen molar-refractivity contribution >= 4 is 5.96 Å². The Bertz CT molecular complexity index is 603. The van der Waals surface area contributed by atoms with E-state index in [1.165, 1.54) is 5.56 Å². The molecule has 0 atom stereocenters. The second-order valence-electron chi connectivity index (χ2n) is 7.33. The largest absolute Gasteiger partial charge is 0.492 e. The van der Waals surface area contributed by atoms with Crippen LogP contribution in [-0.2, 0) is 16.0 Å². The van der Waals surface area contributed by atoms with Crippen LogP contribution in [0.3, 0.4) is 0 Å². The Labute approximate surface area is 176 Å². The van der Waals surface area contributed by atoms with Gasteiger partial charge in [-0.1, -0.05) is 12.1 Å². The van der Waals surface area contributed by atoms with E-state index in [0.717, 1.165) is 70.5 Å². The number of benzene rings is 1. The Balaban J connectivity index is 1.76. The van der Waals surface area contributed by atoms with Crippen molar-refractivity contribution in [2.45, 2.75) is 32.4 Å². The van der Waals surface area contributed by atoms with Gasteiger partial charge in [-0.15, -0.1) is 0 Å². The van der Waals surface area contributed by atoms with Gasteiger partial charge in [-0.3, -0.25) is 4.99 Å². The van der Waals surface area contributed by atoms with E-state index in [4.69, 9.17) is 14.2 Å². The minimum Gasteiger partial charge on any atom is -0.492 e. The van der Waals surface area contributed by atoms with E-state index in [-0.39, 0.29) is 0 Å². The van der Waals surface area contributed by atoms with Crippen molar-refractivity contribution in [2.75, 3.05) is 67.2 Å². The Morgan fingerprint density at radius 1 is 1.24 bits per heavy atom. The lowest BCUT2D eigenvalue weighted by molar-refractivity contribution is 0.0263. The average molecular weight is 407 g/mol. The maximum Gasteiger partial charge on any atom is 0.193 e. The molecular weight excluding hydrogens is 368 g/mol. The highest BCUT2D eigenvalue weighted by Gasteiger charge is 2.21. The molecule has 0 amide bonds. The molecule has 1 aliphatic rings. The van der Waals surface area contributed by atoms with Gasteiger partial charge < -0.3 is 29.3 Å². The number of methoxy groups -OCH3 is 1. The molecule has 1 aromatic rings. The van der Waals surface area contributed by atoms with E-state index in [1.807, 2.05) is 19.2 Å². The number of hydrogen-bond acceptors (Lipinski definition) is 5. The molecular formula is C22H38N4O3. The predicted molar refractivity (Wildman–Crippen MR) is 118 cm³/mol. The second kappa shape index (κ2) is 13.4. The van der Waals surface area contributed by atoms with Crippen molar-refractivity contribution in [3.05, 3.63) is 29.8 Å². The lowest BCUT2D eigenvalue weighted by atomic mass is 10.1. The summed E-state index contributed by atoms with van der Waals surface area (Å²) >= 11 is 0. The molecule has 2 rings (SSSR count). The van der Waals surface area contributed by atoms with Gasteiger partial charge in [-0.05, 0) is 44.5 Å². The predicted octanol–water partition coefficient (Wildman–Crippen LogP) is 2.22. The summed E-state index contributed by atoms with van der Waals surface area (Å²) in [5.74, 6) is 1.85. The molecule has 1 N–H and O–H groups in total. The molecule has 0 radical (unpaired) electrons. The van der Waals surface area contributed by atoms with Crippen molar-refractivity contribution in [1.82, 2.24) is 15.1 Å². The Hall–Kier alpha value is -1.83. The molecule has 0 spiro atoms. The van der Waals surface area contributed by atoms with E-state index in [1.54, 1.807) is 7.11 Å². The number of likely N-dealkylation sites (N-methyl/N-ethyl adjacent to an activating group) is 1. The molecule has 7 heteroatoms. The highest BCUT2D eigenvalue weighted by molar-refractivity contribution is 5.80. The Kier molecular flexibility index (Phi) is 10.8. The Morgan fingerprint density at radius 2 is 2.00 bits per heavy atom. The summed E-state index contributed by atoms with van der Waals surface area (Å²) in [5, 5.41) is 3.48. The number of nitrogens with zero attached hydrogens (tertiary/aromatic N) is 3. The number of rotatable bonds is 11. The fourth-order valence-electron chi connectivity index (χ4n) is 3.41. The number of piperidine rings is 1. The fourth-order valence-corrected chi connectivity index (χ4v) is 3.41. The first kappa shape index (κ1) is 23.4. The highest BCUT2D eigenvalue weighted by atomic mass is 16.5. The van der Waals surface area contributed by atoms with Gasteiger partial charge in [0.2, 0.25) is 0 Å². The van der Waals surface area contributed by atoms with E-state index in [9.17, 15) is 0 Å². The second-order valence-corrected chi connectivity index (χ2v) is 7.33. The van der Waals surface area contributed by atoms with E-state index < -0.39 is 0 Å². The molecule has 0 aromatic heterocycles. The van der Waals surface area contributed by atoms with Crippen molar-refractivity contribution in [2.24, 2.45) is 4.99 Å². The molecule has 164 valence electrons. The van der Waals surface area contributed by atoms with Crippen LogP contribution >= 0.6 is 0 Å². The van der Waals surface area contributed by atoms with Crippen molar-refractivity contribution in [3.63, 3.8) is 0 Å². The third kappa shape index (κ3) is 8.60. The van der Waals surface area contributed by atoms with Crippen LogP contribution in [0.2, 0.25) is 0 Å². The van der Waals surface area contributed by atoms with Gasteiger partial charge in [0.05, 0.1) is 12.7 Å². The molecule has 0 bridgehead atoms. The summed E-state index contributed by atoms with van der Waals surface area (Å²) in [7, 11) is 5.64. The van der Waals surface area contributed by atoms with Crippen LogP contribution in [0.1, 0.15) is 25.3 Å². The van der Waals surface area contributed by atoms with Crippen molar-refractivity contribution in [3.8, 4) is 5.75 Å². The van der Waals surface area contributed by atoms with Gasteiger partial charge in [-0.2, -0.15) is 0 Å². The van der Waals surface area contributed by atoms with Crippen LogP contribution in [-0.4, -0.2) is 89.1 Å². The summed E-state index contributed by atoms with van der Waals surface area (Å²) in [6, 6.07) is 8.25. The third-order valence-corrected chi connectivity index (χ3v) is 5.12. The summed E-state index contributed by atoms with van der Waals surface area (Å²) in [5.41, 5.74) is 1.18. The monoisotopic (exact) mass is 406 g/mol. The van der Waals surface area contributed by atoms with E-state index in [2.05, 4.69) is 46.2 Å². The fraction of sp³-hybridized carbons (Fsp3) is 0.682. The standard InChI is InChI=1S/C22H38N4O3/c1-5-28-20-9-11-26(12-10-20)22(23-2)24-18-19-7-6-8-21(17-19)29-16-14-25(3)13-15-27-4/h6-8,17,20H,5,9-16,18H2,1-4H3,(H,23,24). The van der Waals surface area contributed by atoms with Crippen molar-refractivity contribution < 1.29 is 14.2 Å². The summed E-state index contributed by atoms with van der Waals surface area (Å²) in [4.78, 5) is 8.97. The molecule has 0 aliphatic carbocycles. The zero-order valence-electron chi connectivity index (χ0n) is 18.5. The van der Waals surface area contributed by atoms with Crippen molar-refractivity contribution in [1.29, 1.82) is 0 Å². The smallest absolute Gasteiger partial charge is 0.193 e. The summed E-state index contributed by atoms with van der Waals surface area (Å²) in [6.45, 7) is 8.71. The first-order chi connectivity index (χ1) is 14.2. The van der Waals surface area contributed by atoms with Gasteiger partial charge >= 0.3 is 0 Å². The molecule has 1 fully saturated rings. The zero-order valence-corrected chi connectivity index (χ0v) is 18.5. The molecule has 1 aromatic carbocycles. The number of aliphatic imine (C=N–C) groups is 1. The first-order valence-electron chi connectivity index (χ1n) is 10.6. The molecule has 1 heterocycles. The van der Waals surface area contributed by atoms with E-state index in [0.29, 0.717) is 12.7 Å². The third-order valence-electron chi connectivity index (χ3n) is 5.12. The SMILES string of the molecule is CCOC1CCN(C(=NC)NCc2cccc(OCCN(C)CCOC)c2)CC1. The Morgan fingerprint density at radius 3 is 2.69 bits per heavy atom. The van der Waals surface area contributed by atoms with Gasteiger partial charge in [0.1, 0.15) is 12.4 Å². The maximum atomic E-state index is 5.92. The summed E-state index contributed by atoms with van der Waals surface area (Å²) in [6.07, 6.45) is 2.49. The minimum absolute atomic E-state index is 0.386. The number of ether oxygens (including phenoxy) is 3. The molecule has 7 nitrogen and oxygen atoms in total. The molecule has 29 heavy (non-hydrogen) atoms. The lowest BCUT2D eigenvalue weighted by Gasteiger charge is -2.34. The number of guanidine groups is 1. The highest BCUT2D eigenvalue weighted by Crippen LogP contribution is 2.15. The van der Waals surface area contributed by atoms with Gasteiger partial charge in [0.15, 0.2) is 5.96 Å². The van der Waals surface area contributed by atoms with Gasteiger partial charge in [0.25, 0.3) is 0 Å². The van der Waals surface area contributed by atoms with Gasteiger partial charge in [-0.25, -0.2) is 0 Å². The molecule has 1 aliphatic heterocycles. The van der Waals surface area contributed by atoms with Crippen LogP contribution in [0, 0.1) is 0 Å². The first-order valence-corrected chi connectivity index (χ1v) is 10.6. The molecule has 0 unspecified atom stereocenters. The lowest BCUT2D eigenvalue weighted by Crippen LogP contribution is -2.46. The zero-order chi connectivity index (χ0) is 20.9. The average Bonchev–Trinajstić information content (AvgIpc) is 2.74. The normalized spacial score (nSPS) is 15.8. The van der Waals surface area contributed by atoms with Crippen LogP contribution in [0.25, 0.3) is 0 Å². The van der Waals surface area contributed by atoms with Gasteiger partial charge in [0, 0.05) is 53.5 Å². The number of likely N-dealkylation sites (tertiary alicyclic amines) is 1. The van der Waals surface area contributed by atoms with Crippen LogP contribution in [0.5, 0.6) is 5.75 Å². The summed E-state index contributed by atoms with van der Waals surface area (Å²) < 4.78 is 16.8. The van der Waals surface area contributed by atoms with Crippen LogP contribution in [0.4, 0.5) is 0 Å². The molecule has 0 saturated carbocycles. The topological polar surface area (TPSA) is 58.6 Å². The number of nitrogens with one attached hydrogen (secondary N) is 1. The number of hydrogen-bond donors (Lipinski definition) is 1. The quantitative estimate of drug-likeness (QED) is 0.449. The van der Waals surface area contributed by atoms with Crippen LogP contribution in [0.15, 0.2) is 29.3 Å². The van der Waals surface area contributed by atoms with E-state index >= 15 is 0 Å².